The highest BCUT2D eigenvalue weighted by molar-refractivity contribution is 5.89. The Hall–Kier alpha value is -2.55. The number of carboxylic acid groups (broad SMARTS) is 1. The normalized spacial score (nSPS) is 15.7. The number of nitrogens with one attached hydrogen (secondary N) is 1. The Morgan fingerprint density at radius 1 is 1.11 bits per heavy atom. The highest BCUT2D eigenvalue weighted by Crippen LogP contribution is 2.49. The van der Waals surface area contributed by atoms with Gasteiger partial charge in [-0.25, -0.2) is 4.79 Å². The minimum absolute atomic E-state index is 0.0457. The van der Waals surface area contributed by atoms with Crippen molar-refractivity contribution in [1.82, 2.24) is 0 Å². The zero-order valence-electron chi connectivity index (χ0n) is 17.1. The van der Waals surface area contributed by atoms with E-state index in [0.717, 1.165) is 17.8 Å². The highest BCUT2D eigenvalue weighted by atomic mass is 16.4. The highest BCUT2D eigenvalue weighted by Gasteiger charge is 2.34. The molecular weight excluding hydrogens is 334 g/mol. The standard InChI is InChI=1S/C24H29NO2/c1-15-13-19-21(18(23(2,3)4)11-12-24(19,5)6)20(14-15)25-17-9-7-16(8-10-17)22(26)27/h7-11,13-14,25H,12H2,1-6H3,(H,26,27). The first-order valence-electron chi connectivity index (χ1n) is 9.45. The molecule has 142 valence electrons. The lowest BCUT2D eigenvalue weighted by Gasteiger charge is -2.38. The third-order valence-corrected chi connectivity index (χ3v) is 5.32. The molecule has 3 nitrogen and oxygen atoms in total. The van der Waals surface area contributed by atoms with E-state index in [1.54, 1.807) is 12.1 Å². The van der Waals surface area contributed by atoms with Crippen molar-refractivity contribution in [2.75, 3.05) is 5.32 Å². The van der Waals surface area contributed by atoms with Gasteiger partial charge in [0.1, 0.15) is 0 Å². The summed E-state index contributed by atoms with van der Waals surface area (Å²) in [6.07, 6.45) is 3.42. The van der Waals surface area contributed by atoms with Crippen molar-refractivity contribution in [2.45, 2.75) is 53.4 Å². The second-order valence-electron chi connectivity index (χ2n) is 9.20. The van der Waals surface area contributed by atoms with Gasteiger partial charge in [0.25, 0.3) is 0 Å². The lowest BCUT2D eigenvalue weighted by atomic mass is 9.67. The van der Waals surface area contributed by atoms with Crippen molar-refractivity contribution in [1.29, 1.82) is 0 Å². The van der Waals surface area contributed by atoms with E-state index in [2.05, 4.69) is 65.1 Å². The van der Waals surface area contributed by atoms with Crippen LogP contribution in [-0.2, 0) is 5.41 Å². The number of hydrogen-bond donors (Lipinski definition) is 2. The Kier molecular flexibility index (Phi) is 4.67. The third kappa shape index (κ3) is 3.78. The molecule has 0 saturated heterocycles. The van der Waals surface area contributed by atoms with Crippen LogP contribution in [0.1, 0.15) is 68.1 Å². The maximum atomic E-state index is 11.1. The van der Waals surface area contributed by atoms with Crippen LogP contribution in [0.5, 0.6) is 0 Å². The Morgan fingerprint density at radius 3 is 2.30 bits per heavy atom. The number of aromatic carboxylic acids is 1. The Balaban J connectivity index is 2.13. The minimum Gasteiger partial charge on any atom is -0.478 e. The van der Waals surface area contributed by atoms with Gasteiger partial charge in [0.15, 0.2) is 0 Å². The number of carbonyl (C=O) groups is 1. The summed E-state index contributed by atoms with van der Waals surface area (Å²) in [7, 11) is 0. The molecule has 1 aliphatic carbocycles. The van der Waals surface area contributed by atoms with E-state index < -0.39 is 5.97 Å². The number of anilines is 2. The van der Waals surface area contributed by atoms with Gasteiger partial charge in [0, 0.05) is 16.9 Å². The third-order valence-electron chi connectivity index (χ3n) is 5.32. The molecule has 2 aromatic carbocycles. The van der Waals surface area contributed by atoms with Crippen LogP contribution in [0.25, 0.3) is 5.57 Å². The molecule has 3 heteroatoms. The van der Waals surface area contributed by atoms with Crippen LogP contribution in [0.3, 0.4) is 0 Å². The van der Waals surface area contributed by atoms with Crippen molar-refractivity contribution in [3.8, 4) is 0 Å². The fourth-order valence-electron chi connectivity index (χ4n) is 3.81. The van der Waals surface area contributed by atoms with Crippen molar-refractivity contribution >= 4 is 22.9 Å². The van der Waals surface area contributed by atoms with Gasteiger partial charge >= 0.3 is 5.97 Å². The van der Waals surface area contributed by atoms with Gasteiger partial charge in [-0.2, -0.15) is 0 Å². The summed E-state index contributed by atoms with van der Waals surface area (Å²) >= 11 is 0. The summed E-state index contributed by atoms with van der Waals surface area (Å²) in [6, 6.07) is 11.4. The molecule has 0 atom stereocenters. The molecule has 0 amide bonds. The number of benzene rings is 2. The van der Waals surface area contributed by atoms with E-state index >= 15 is 0 Å². The Labute approximate surface area is 162 Å². The summed E-state index contributed by atoms with van der Waals surface area (Å²) in [5, 5.41) is 12.7. The molecule has 0 spiro atoms. The zero-order chi connectivity index (χ0) is 20.0. The number of aryl methyl sites for hydroxylation is 1. The molecule has 0 saturated carbocycles. The van der Waals surface area contributed by atoms with Crippen LogP contribution in [0.2, 0.25) is 0 Å². The molecular formula is C24H29NO2. The molecule has 1 aliphatic rings. The van der Waals surface area contributed by atoms with E-state index in [9.17, 15) is 4.79 Å². The van der Waals surface area contributed by atoms with Crippen LogP contribution in [0.15, 0.2) is 42.5 Å². The number of fused-ring (bicyclic) bond motifs is 1. The van der Waals surface area contributed by atoms with E-state index in [4.69, 9.17) is 5.11 Å². The molecule has 0 aromatic heterocycles. The quantitative estimate of drug-likeness (QED) is 0.650. The molecule has 2 aromatic rings. The fourth-order valence-corrected chi connectivity index (χ4v) is 3.81. The van der Waals surface area contributed by atoms with Crippen LogP contribution in [-0.4, -0.2) is 11.1 Å². The zero-order valence-corrected chi connectivity index (χ0v) is 17.1. The number of allylic oxidation sites excluding steroid dienone is 2. The van der Waals surface area contributed by atoms with E-state index in [-0.39, 0.29) is 10.8 Å². The second kappa shape index (κ2) is 6.56. The summed E-state index contributed by atoms with van der Waals surface area (Å²) in [5.41, 5.74) is 7.65. The van der Waals surface area contributed by atoms with Gasteiger partial charge in [-0.05, 0) is 71.2 Å². The van der Waals surface area contributed by atoms with Crippen LogP contribution >= 0.6 is 0 Å². The summed E-state index contributed by atoms with van der Waals surface area (Å²) in [5.74, 6) is -0.908. The van der Waals surface area contributed by atoms with E-state index in [1.165, 1.54) is 22.3 Å². The van der Waals surface area contributed by atoms with Gasteiger partial charge in [-0.15, -0.1) is 0 Å². The Bertz CT molecular complexity index is 913. The van der Waals surface area contributed by atoms with Crippen molar-refractivity contribution in [2.24, 2.45) is 5.41 Å². The lowest BCUT2D eigenvalue weighted by Crippen LogP contribution is -2.26. The van der Waals surface area contributed by atoms with Crippen molar-refractivity contribution in [3.63, 3.8) is 0 Å². The first-order chi connectivity index (χ1) is 12.5. The second-order valence-corrected chi connectivity index (χ2v) is 9.20. The summed E-state index contributed by atoms with van der Waals surface area (Å²) in [6.45, 7) is 13.5. The first-order valence-corrected chi connectivity index (χ1v) is 9.45. The van der Waals surface area contributed by atoms with Gasteiger partial charge < -0.3 is 10.4 Å². The van der Waals surface area contributed by atoms with Gasteiger partial charge in [-0.1, -0.05) is 46.8 Å². The molecule has 0 fully saturated rings. The van der Waals surface area contributed by atoms with Crippen LogP contribution in [0, 0.1) is 12.3 Å². The Morgan fingerprint density at radius 2 is 1.74 bits per heavy atom. The molecule has 2 N–H and O–H groups in total. The minimum atomic E-state index is -0.908. The van der Waals surface area contributed by atoms with E-state index in [1.807, 2.05) is 12.1 Å². The van der Waals surface area contributed by atoms with Crippen LogP contribution < -0.4 is 5.32 Å². The monoisotopic (exact) mass is 363 g/mol. The summed E-state index contributed by atoms with van der Waals surface area (Å²) < 4.78 is 0. The topological polar surface area (TPSA) is 49.3 Å². The molecule has 0 heterocycles. The SMILES string of the molecule is Cc1cc(Nc2ccc(C(=O)O)cc2)c2c(c1)C(C)(C)CC=C2C(C)(C)C. The summed E-state index contributed by atoms with van der Waals surface area (Å²) in [4.78, 5) is 11.1. The van der Waals surface area contributed by atoms with Crippen molar-refractivity contribution in [3.05, 3.63) is 64.7 Å². The fraction of sp³-hybridized carbons (Fsp3) is 0.375. The molecule has 0 radical (unpaired) electrons. The number of hydrogen-bond acceptors (Lipinski definition) is 2. The first kappa shape index (κ1) is 19.2. The predicted molar refractivity (Wildman–Crippen MR) is 113 cm³/mol. The molecule has 0 bridgehead atoms. The average Bonchev–Trinajstić information content (AvgIpc) is 2.55. The molecule has 0 aliphatic heterocycles. The number of rotatable bonds is 3. The van der Waals surface area contributed by atoms with Gasteiger partial charge in [-0.3, -0.25) is 0 Å². The molecule has 27 heavy (non-hydrogen) atoms. The molecule has 3 rings (SSSR count). The largest absolute Gasteiger partial charge is 0.478 e. The number of carboxylic acids is 1. The van der Waals surface area contributed by atoms with Crippen LogP contribution in [0.4, 0.5) is 11.4 Å². The lowest BCUT2D eigenvalue weighted by molar-refractivity contribution is 0.0697. The maximum Gasteiger partial charge on any atom is 0.335 e. The maximum absolute atomic E-state index is 11.1. The predicted octanol–water partition coefficient (Wildman–Crippen LogP) is 6.55. The smallest absolute Gasteiger partial charge is 0.335 e. The van der Waals surface area contributed by atoms with E-state index in [0.29, 0.717) is 5.56 Å². The van der Waals surface area contributed by atoms with Crippen molar-refractivity contribution < 1.29 is 9.90 Å². The average molecular weight is 364 g/mol. The van der Waals surface area contributed by atoms with Gasteiger partial charge in [0.05, 0.1) is 5.56 Å². The van der Waals surface area contributed by atoms with Gasteiger partial charge in [0.2, 0.25) is 0 Å². The molecule has 0 unspecified atom stereocenters.